The van der Waals surface area contributed by atoms with Gasteiger partial charge in [0.25, 0.3) is 0 Å². The summed E-state index contributed by atoms with van der Waals surface area (Å²) in [5.74, 6) is 2.06. The summed E-state index contributed by atoms with van der Waals surface area (Å²) < 4.78 is 39.4. The van der Waals surface area contributed by atoms with Crippen LogP contribution in [0.5, 0.6) is 5.75 Å². The van der Waals surface area contributed by atoms with E-state index in [-0.39, 0.29) is 5.75 Å². The van der Waals surface area contributed by atoms with Crippen LogP contribution in [-0.4, -0.2) is 5.11 Å². The molecule has 0 aliphatic heterocycles. The summed E-state index contributed by atoms with van der Waals surface area (Å²) in [6.45, 7) is 3.85. The minimum Gasteiger partial charge on any atom is -0.508 e. The molecule has 1 aromatic heterocycles. The molecule has 0 saturated heterocycles. The zero-order valence-corrected chi connectivity index (χ0v) is 11.6. The third kappa shape index (κ3) is 6.46. The first-order chi connectivity index (χ1) is 9.15. The number of hydrogen-bond donors (Lipinski definition) is 1. The molecular formula is C13H13ClO6. The van der Waals surface area contributed by atoms with Gasteiger partial charge in [-0.3, -0.25) is 0 Å². The van der Waals surface area contributed by atoms with Crippen molar-refractivity contribution < 1.29 is 38.4 Å². The summed E-state index contributed by atoms with van der Waals surface area (Å²) in [4.78, 5) is 0. The van der Waals surface area contributed by atoms with Gasteiger partial charge in [-0.15, -0.1) is 10.2 Å². The number of aromatic hydroxyl groups is 1. The fourth-order valence-electron chi connectivity index (χ4n) is 1.61. The number of hydrogen-bond acceptors (Lipinski definition) is 5. The highest BCUT2D eigenvalue weighted by atomic mass is 35.7. The van der Waals surface area contributed by atoms with Crippen molar-refractivity contribution in [3.63, 3.8) is 0 Å². The number of phenols is 1. The lowest BCUT2D eigenvalue weighted by atomic mass is 10.1. The number of rotatable bonds is 1. The molecule has 0 amide bonds. The van der Waals surface area contributed by atoms with Crippen molar-refractivity contribution in [1.82, 2.24) is 0 Å². The standard InChI is InChI=1S/C13H12O2.ClHO4/c1-9-7-12(8-10(2)15-9)11-3-5-13(14)6-4-11;2-1(3,4)5/h3-8H,1-2H3;(H,2,3,4,5). The van der Waals surface area contributed by atoms with Crippen LogP contribution in [0, 0.1) is 24.1 Å². The molecule has 0 atom stereocenters. The summed E-state index contributed by atoms with van der Waals surface area (Å²) in [5.41, 5.74) is 2.19. The zero-order chi connectivity index (χ0) is 15.3. The van der Waals surface area contributed by atoms with Crippen LogP contribution in [0.2, 0.25) is 0 Å². The molecule has 0 unspecified atom stereocenters. The lowest BCUT2D eigenvalue weighted by molar-refractivity contribution is -2.00. The Morgan fingerprint density at radius 1 is 0.850 bits per heavy atom. The molecule has 2 aromatic rings. The Bertz CT molecular complexity index is 536. The topological polar surface area (TPSA) is 124 Å². The van der Waals surface area contributed by atoms with E-state index in [2.05, 4.69) is 0 Å². The van der Waals surface area contributed by atoms with Crippen LogP contribution in [0.4, 0.5) is 0 Å². The van der Waals surface area contributed by atoms with E-state index in [1.165, 1.54) is 0 Å². The Labute approximate surface area is 117 Å². The molecule has 6 nitrogen and oxygen atoms in total. The first kappa shape index (κ1) is 16.4. The molecule has 0 aliphatic carbocycles. The summed E-state index contributed by atoms with van der Waals surface area (Å²) in [7, 11) is -4.94. The summed E-state index contributed by atoms with van der Waals surface area (Å²) >= 11 is 0. The van der Waals surface area contributed by atoms with Gasteiger partial charge in [0.15, 0.2) is 0 Å². The highest BCUT2D eigenvalue weighted by Gasteiger charge is 2.09. The van der Waals surface area contributed by atoms with Crippen LogP contribution in [0.1, 0.15) is 11.5 Å². The average molecular weight is 301 g/mol. The van der Waals surface area contributed by atoms with Crippen molar-refractivity contribution in [2.24, 2.45) is 0 Å². The van der Waals surface area contributed by atoms with Crippen molar-refractivity contribution in [3.8, 4) is 16.9 Å². The molecule has 0 spiro atoms. The minimum atomic E-state index is -4.94. The van der Waals surface area contributed by atoms with Gasteiger partial charge in [-0.2, -0.15) is 0 Å². The smallest absolute Gasteiger partial charge is 0.327 e. The molecule has 1 aromatic carbocycles. The van der Waals surface area contributed by atoms with E-state index in [4.69, 9.17) is 23.1 Å². The van der Waals surface area contributed by atoms with E-state index in [0.29, 0.717) is 0 Å². The molecule has 0 saturated carbocycles. The molecular weight excluding hydrogens is 288 g/mol. The molecule has 1 N–H and O–H groups in total. The predicted octanol–water partition coefficient (Wildman–Crippen LogP) is -1.21. The van der Waals surface area contributed by atoms with Gasteiger partial charge in [0.05, 0.1) is 13.8 Å². The summed E-state index contributed by atoms with van der Waals surface area (Å²) in [6.07, 6.45) is 0. The third-order valence-corrected chi connectivity index (χ3v) is 2.24. The third-order valence-electron chi connectivity index (χ3n) is 2.24. The molecule has 2 rings (SSSR count). The van der Waals surface area contributed by atoms with Gasteiger partial charge >= 0.3 is 11.5 Å². The van der Waals surface area contributed by atoms with Crippen molar-refractivity contribution in [1.29, 1.82) is 0 Å². The van der Waals surface area contributed by atoms with Crippen molar-refractivity contribution in [2.75, 3.05) is 0 Å². The lowest BCUT2D eigenvalue weighted by Crippen LogP contribution is -2.68. The predicted molar refractivity (Wildman–Crippen MR) is 59.7 cm³/mol. The SMILES string of the molecule is Cc1cc(-c2ccc(O)cc2)cc(C)[o+]1.[O-][Cl+3]([O-])([O-])[O-]. The number of halogens is 1. The van der Waals surface area contributed by atoms with Gasteiger partial charge in [0.2, 0.25) is 0 Å². The second-order valence-corrected chi connectivity index (χ2v) is 4.75. The lowest BCUT2D eigenvalue weighted by Gasteiger charge is -2.17. The first-order valence-corrected chi connectivity index (χ1v) is 6.71. The Morgan fingerprint density at radius 3 is 1.65 bits per heavy atom. The van der Waals surface area contributed by atoms with Crippen LogP contribution < -0.4 is 18.6 Å². The highest BCUT2D eigenvalue weighted by molar-refractivity contribution is 5.64. The number of benzene rings is 1. The summed E-state index contributed by atoms with van der Waals surface area (Å²) in [6, 6.07) is 11.1. The molecule has 0 bridgehead atoms. The quantitative estimate of drug-likeness (QED) is 0.659. The largest absolute Gasteiger partial charge is 0.508 e. The monoisotopic (exact) mass is 300 g/mol. The van der Waals surface area contributed by atoms with Gasteiger partial charge in [-0.05, 0) is 23.3 Å². The molecule has 108 valence electrons. The van der Waals surface area contributed by atoms with E-state index >= 15 is 0 Å². The second kappa shape index (κ2) is 6.65. The Balaban J connectivity index is 0.000000347. The Morgan fingerprint density at radius 2 is 1.25 bits per heavy atom. The highest BCUT2D eigenvalue weighted by Crippen LogP contribution is 2.23. The van der Waals surface area contributed by atoms with E-state index in [9.17, 15) is 5.11 Å². The van der Waals surface area contributed by atoms with Crippen LogP contribution in [0.25, 0.3) is 11.1 Å². The van der Waals surface area contributed by atoms with E-state index in [1.807, 2.05) is 38.1 Å². The van der Waals surface area contributed by atoms with Crippen LogP contribution in [0.3, 0.4) is 0 Å². The van der Waals surface area contributed by atoms with Gasteiger partial charge in [-0.1, -0.05) is 12.1 Å². The van der Waals surface area contributed by atoms with Crippen LogP contribution >= 0.6 is 0 Å². The van der Waals surface area contributed by atoms with Crippen molar-refractivity contribution >= 4 is 0 Å². The van der Waals surface area contributed by atoms with E-state index in [1.54, 1.807) is 12.1 Å². The molecule has 1 heterocycles. The summed E-state index contributed by atoms with van der Waals surface area (Å²) in [5, 5.41) is 9.19. The van der Waals surface area contributed by atoms with E-state index in [0.717, 1.165) is 22.6 Å². The van der Waals surface area contributed by atoms with Gasteiger partial charge in [-0.25, -0.2) is 23.1 Å². The first-order valence-electron chi connectivity index (χ1n) is 5.48. The fraction of sp³-hybridized carbons (Fsp3) is 0.154. The van der Waals surface area contributed by atoms with Gasteiger partial charge in [0.1, 0.15) is 5.75 Å². The zero-order valence-electron chi connectivity index (χ0n) is 10.8. The maximum Gasteiger partial charge on any atom is 0.327 e. The molecule has 0 aliphatic rings. The Hall–Kier alpha value is -1.70. The molecule has 0 fully saturated rings. The normalized spacial score (nSPS) is 10.7. The Kier molecular flexibility index (Phi) is 5.43. The second-order valence-electron chi connectivity index (χ2n) is 3.99. The van der Waals surface area contributed by atoms with E-state index < -0.39 is 10.2 Å². The number of aryl methyl sites for hydroxylation is 2. The fourth-order valence-corrected chi connectivity index (χ4v) is 1.61. The molecule has 0 radical (unpaired) electrons. The van der Waals surface area contributed by atoms with Crippen LogP contribution in [-0.2, 0) is 0 Å². The van der Waals surface area contributed by atoms with Crippen molar-refractivity contribution in [3.05, 3.63) is 47.9 Å². The number of phenolic OH excluding ortho intramolecular Hbond substituents is 1. The van der Waals surface area contributed by atoms with Gasteiger partial charge in [0, 0.05) is 12.1 Å². The van der Waals surface area contributed by atoms with Crippen LogP contribution in [0.15, 0.2) is 40.8 Å². The maximum atomic E-state index is 9.19. The molecule has 20 heavy (non-hydrogen) atoms. The van der Waals surface area contributed by atoms with Crippen molar-refractivity contribution in [2.45, 2.75) is 13.8 Å². The molecule has 7 heteroatoms. The maximum absolute atomic E-state index is 9.19. The minimum absolute atomic E-state index is 0.285. The average Bonchev–Trinajstić information content (AvgIpc) is 2.26. The van der Waals surface area contributed by atoms with Gasteiger partial charge < -0.3 is 5.11 Å².